The van der Waals surface area contributed by atoms with Gasteiger partial charge in [-0.3, -0.25) is 0 Å². The van der Waals surface area contributed by atoms with Gasteiger partial charge in [-0.15, -0.1) is 0 Å². The van der Waals surface area contributed by atoms with Gasteiger partial charge < -0.3 is 5.32 Å². The number of benzene rings is 2. The van der Waals surface area contributed by atoms with Crippen molar-refractivity contribution < 1.29 is 0 Å². The summed E-state index contributed by atoms with van der Waals surface area (Å²) < 4.78 is 1.15. The molecular weight excluding hydrogens is 322 g/mol. The molecule has 2 rings (SSSR count). The summed E-state index contributed by atoms with van der Waals surface area (Å²) in [6.07, 6.45) is 2.13. The highest BCUT2D eigenvalue weighted by Gasteiger charge is 2.10. The van der Waals surface area contributed by atoms with Gasteiger partial charge in [0, 0.05) is 10.5 Å². The van der Waals surface area contributed by atoms with Crippen LogP contribution in [0.5, 0.6) is 0 Å². The average molecular weight is 346 g/mol. The van der Waals surface area contributed by atoms with E-state index in [0.29, 0.717) is 6.04 Å². The number of nitrogens with one attached hydrogen (secondary N) is 1. The van der Waals surface area contributed by atoms with Gasteiger partial charge in [0.1, 0.15) is 0 Å². The lowest BCUT2D eigenvalue weighted by Gasteiger charge is -2.19. The Hall–Kier alpha value is -1.12. The fourth-order valence-corrected chi connectivity index (χ4v) is 3.37. The van der Waals surface area contributed by atoms with E-state index < -0.39 is 0 Å². The number of hydrogen-bond acceptors (Lipinski definition) is 1. The van der Waals surface area contributed by atoms with Crippen LogP contribution in [0.3, 0.4) is 0 Å². The Morgan fingerprint density at radius 2 is 1.62 bits per heavy atom. The van der Waals surface area contributed by atoms with Crippen molar-refractivity contribution in [3.05, 3.63) is 69.2 Å². The van der Waals surface area contributed by atoms with E-state index in [0.717, 1.165) is 23.9 Å². The topological polar surface area (TPSA) is 12.0 Å². The Kier molecular flexibility index (Phi) is 6.01. The van der Waals surface area contributed by atoms with E-state index in [1.165, 1.54) is 22.3 Å². The van der Waals surface area contributed by atoms with Crippen LogP contribution in [-0.4, -0.2) is 12.6 Å². The van der Waals surface area contributed by atoms with E-state index >= 15 is 0 Å². The molecule has 0 aromatic heterocycles. The molecule has 0 bridgehead atoms. The Morgan fingerprint density at radius 3 is 2.24 bits per heavy atom. The first-order valence-electron chi connectivity index (χ1n) is 7.62. The van der Waals surface area contributed by atoms with Crippen LogP contribution in [0.15, 0.2) is 46.9 Å². The number of hydrogen-bond donors (Lipinski definition) is 1. The van der Waals surface area contributed by atoms with Crippen molar-refractivity contribution in [3.8, 4) is 0 Å². The van der Waals surface area contributed by atoms with Crippen molar-refractivity contribution in [1.29, 1.82) is 0 Å². The maximum atomic E-state index is 3.62. The minimum Gasteiger partial charge on any atom is -0.314 e. The molecule has 1 N–H and O–H groups in total. The van der Waals surface area contributed by atoms with Gasteiger partial charge in [-0.2, -0.15) is 0 Å². The Morgan fingerprint density at radius 1 is 0.952 bits per heavy atom. The third kappa shape index (κ3) is 5.29. The maximum Gasteiger partial charge on any atom is 0.0178 e. The van der Waals surface area contributed by atoms with Gasteiger partial charge in [0.15, 0.2) is 0 Å². The first-order valence-corrected chi connectivity index (χ1v) is 8.41. The highest BCUT2D eigenvalue weighted by Crippen LogP contribution is 2.16. The van der Waals surface area contributed by atoms with Gasteiger partial charge in [-0.05, 0) is 56.5 Å². The lowest BCUT2D eigenvalue weighted by Crippen LogP contribution is -2.33. The SMILES string of the molecule is CCNC(Cc1cc(C)cc(C)c1)Cc1cccc(Br)c1. The van der Waals surface area contributed by atoms with E-state index in [1.54, 1.807) is 0 Å². The van der Waals surface area contributed by atoms with Crippen LogP contribution in [-0.2, 0) is 12.8 Å². The second-order valence-corrected chi connectivity index (χ2v) is 6.70. The highest BCUT2D eigenvalue weighted by atomic mass is 79.9. The molecule has 0 heterocycles. The predicted octanol–water partition coefficient (Wildman–Crippen LogP) is 4.83. The van der Waals surface area contributed by atoms with E-state index in [2.05, 4.69) is 84.5 Å². The molecule has 0 aliphatic heterocycles. The van der Waals surface area contributed by atoms with Crippen molar-refractivity contribution >= 4 is 15.9 Å². The molecular formula is C19H24BrN. The zero-order chi connectivity index (χ0) is 15.2. The van der Waals surface area contributed by atoms with Crippen LogP contribution >= 0.6 is 15.9 Å². The molecule has 21 heavy (non-hydrogen) atoms. The summed E-state index contributed by atoms with van der Waals surface area (Å²) in [6, 6.07) is 15.9. The molecule has 0 aliphatic rings. The van der Waals surface area contributed by atoms with Crippen LogP contribution in [0.4, 0.5) is 0 Å². The van der Waals surface area contributed by atoms with Crippen molar-refractivity contribution in [1.82, 2.24) is 5.32 Å². The summed E-state index contributed by atoms with van der Waals surface area (Å²) >= 11 is 3.56. The molecule has 0 radical (unpaired) electrons. The normalized spacial score (nSPS) is 12.4. The zero-order valence-electron chi connectivity index (χ0n) is 13.1. The van der Waals surface area contributed by atoms with Gasteiger partial charge in [0.2, 0.25) is 0 Å². The second-order valence-electron chi connectivity index (χ2n) is 5.79. The molecule has 1 nitrogen and oxygen atoms in total. The summed E-state index contributed by atoms with van der Waals surface area (Å²) in [6.45, 7) is 7.53. The molecule has 1 atom stereocenters. The smallest absolute Gasteiger partial charge is 0.0178 e. The van der Waals surface area contributed by atoms with Crippen LogP contribution in [0.25, 0.3) is 0 Å². The van der Waals surface area contributed by atoms with Gasteiger partial charge in [0.05, 0.1) is 0 Å². The first-order chi connectivity index (χ1) is 10.1. The first kappa shape index (κ1) is 16.3. The zero-order valence-corrected chi connectivity index (χ0v) is 14.7. The van der Waals surface area contributed by atoms with E-state index in [4.69, 9.17) is 0 Å². The summed E-state index contributed by atoms with van der Waals surface area (Å²) in [5.74, 6) is 0. The van der Waals surface area contributed by atoms with Gasteiger partial charge >= 0.3 is 0 Å². The molecule has 0 fully saturated rings. The molecule has 0 spiro atoms. The van der Waals surface area contributed by atoms with Gasteiger partial charge in [-0.25, -0.2) is 0 Å². The van der Waals surface area contributed by atoms with Crippen molar-refractivity contribution in [2.45, 2.75) is 39.7 Å². The van der Waals surface area contributed by atoms with Crippen LogP contribution in [0, 0.1) is 13.8 Å². The summed E-state index contributed by atoms with van der Waals surface area (Å²) in [5, 5.41) is 3.62. The third-order valence-electron chi connectivity index (χ3n) is 3.63. The number of aryl methyl sites for hydroxylation is 2. The molecule has 2 aromatic rings. The monoisotopic (exact) mass is 345 g/mol. The molecule has 1 unspecified atom stereocenters. The van der Waals surface area contributed by atoms with E-state index in [1.807, 2.05) is 0 Å². The summed E-state index contributed by atoms with van der Waals surface area (Å²) in [5.41, 5.74) is 5.50. The lowest BCUT2D eigenvalue weighted by molar-refractivity contribution is 0.521. The molecule has 2 aromatic carbocycles. The molecule has 0 saturated carbocycles. The molecule has 0 aliphatic carbocycles. The van der Waals surface area contributed by atoms with Crippen LogP contribution in [0.2, 0.25) is 0 Å². The van der Waals surface area contributed by atoms with Crippen molar-refractivity contribution in [2.24, 2.45) is 0 Å². The van der Waals surface area contributed by atoms with E-state index in [9.17, 15) is 0 Å². The summed E-state index contributed by atoms with van der Waals surface area (Å²) in [7, 11) is 0. The second kappa shape index (κ2) is 7.77. The molecule has 2 heteroatoms. The average Bonchev–Trinajstić information content (AvgIpc) is 2.37. The quantitative estimate of drug-likeness (QED) is 0.790. The van der Waals surface area contributed by atoms with Gasteiger partial charge in [0.25, 0.3) is 0 Å². The van der Waals surface area contributed by atoms with Crippen LogP contribution in [0.1, 0.15) is 29.2 Å². The maximum absolute atomic E-state index is 3.62. The minimum absolute atomic E-state index is 0.477. The Bertz CT molecular complexity index is 572. The number of halogens is 1. The third-order valence-corrected chi connectivity index (χ3v) is 4.12. The fourth-order valence-electron chi connectivity index (χ4n) is 2.92. The molecule has 0 saturated heterocycles. The number of likely N-dealkylation sites (N-methyl/N-ethyl adjacent to an activating group) is 1. The van der Waals surface area contributed by atoms with Gasteiger partial charge in [-0.1, -0.05) is 64.3 Å². The van der Waals surface area contributed by atoms with E-state index in [-0.39, 0.29) is 0 Å². The number of rotatable bonds is 6. The molecule has 0 amide bonds. The standard InChI is InChI=1S/C19H24BrN/c1-4-21-19(12-16-6-5-7-18(20)11-16)13-17-9-14(2)8-15(3)10-17/h5-11,19,21H,4,12-13H2,1-3H3. The highest BCUT2D eigenvalue weighted by molar-refractivity contribution is 9.10. The largest absolute Gasteiger partial charge is 0.314 e. The van der Waals surface area contributed by atoms with Crippen molar-refractivity contribution in [3.63, 3.8) is 0 Å². The lowest BCUT2D eigenvalue weighted by atomic mass is 9.97. The summed E-state index contributed by atoms with van der Waals surface area (Å²) in [4.78, 5) is 0. The molecule has 112 valence electrons. The predicted molar refractivity (Wildman–Crippen MR) is 94.9 cm³/mol. The van der Waals surface area contributed by atoms with Crippen LogP contribution < -0.4 is 5.32 Å². The van der Waals surface area contributed by atoms with Crippen molar-refractivity contribution in [2.75, 3.05) is 6.54 Å². The minimum atomic E-state index is 0.477. The fraction of sp³-hybridized carbons (Fsp3) is 0.368. The Labute approximate surface area is 136 Å². The Balaban J connectivity index is 2.11.